The fraction of sp³-hybridized carbons (Fsp3) is 0.0400. The molecule has 0 bridgehead atoms. The molecular weight excluding hydrogens is 328 g/mol. The molecule has 0 amide bonds. The lowest BCUT2D eigenvalue weighted by Crippen LogP contribution is -1.90. The molecule has 0 aliphatic carbocycles. The topological polar surface area (TPSA) is 25.8 Å². The van der Waals surface area contributed by atoms with Gasteiger partial charge in [0.2, 0.25) is 0 Å². The Kier molecular flexibility index (Phi) is 3.68. The summed E-state index contributed by atoms with van der Waals surface area (Å²) in [6.45, 7) is 2.13. The van der Waals surface area contributed by atoms with Gasteiger partial charge in [-0.2, -0.15) is 0 Å². The molecule has 4 aromatic carbocycles. The molecule has 0 spiro atoms. The van der Waals surface area contributed by atoms with Gasteiger partial charge in [-0.25, -0.2) is 4.98 Å². The van der Waals surface area contributed by atoms with Crippen molar-refractivity contribution in [2.24, 2.45) is 0 Å². The molecule has 0 atom stereocenters. The average molecular weight is 346 g/mol. The lowest BCUT2D eigenvalue weighted by molar-refractivity contribution is 1.29. The molecule has 0 unspecified atom stereocenters. The SMILES string of the molecule is Cc1cc(-c2ccc3ccccc3c2)cc(-c2cnc3ccccc3n2)c1. The summed E-state index contributed by atoms with van der Waals surface area (Å²) in [6.07, 6.45) is 1.86. The first-order valence-electron chi connectivity index (χ1n) is 9.09. The van der Waals surface area contributed by atoms with E-state index in [-0.39, 0.29) is 0 Å². The molecule has 0 aliphatic rings. The molecule has 2 heteroatoms. The molecule has 0 fully saturated rings. The van der Waals surface area contributed by atoms with Gasteiger partial charge in [0.15, 0.2) is 0 Å². The molecule has 1 aromatic heterocycles. The van der Waals surface area contributed by atoms with Gasteiger partial charge in [0, 0.05) is 5.56 Å². The minimum absolute atomic E-state index is 0.902. The predicted molar refractivity (Wildman–Crippen MR) is 113 cm³/mol. The maximum absolute atomic E-state index is 4.81. The van der Waals surface area contributed by atoms with E-state index < -0.39 is 0 Å². The summed E-state index contributed by atoms with van der Waals surface area (Å²) in [6, 6.07) is 29.7. The van der Waals surface area contributed by atoms with Crippen LogP contribution in [-0.4, -0.2) is 9.97 Å². The first kappa shape index (κ1) is 15.7. The zero-order valence-corrected chi connectivity index (χ0v) is 15.1. The number of fused-ring (bicyclic) bond motifs is 2. The van der Waals surface area contributed by atoms with Crippen LogP contribution in [0.1, 0.15) is 5.56 Å². The van der Waals surface area contributed by atoms with Gasteiger partial charge >= 0.3 is 0 Å². The molecule has 0 saturated heterocycles. The van der Waals surface area contributed by atoms with Gasteiger partial charge < -0.3 is 0 Å². The van der Waals surface area contributed by atoms with Crippen LogP contribution < -0.4 is 0 Å². The van der Waals surface area contributed by atoms with Gasteiger partial charge in [-0.15, -0.1) is 0 Å². The predicted octanol–water partition coefficient (Wildman–Crippen LogP) is 6.43. The van der Waals surface area contributed by atoms with Crippen molar-refractivity contribution in [3.63, 3.8) is 0 Å². The van der Waals surface area contributed by atoms with E-state index in [1.165, 1.54) is 27.5 Å². The van der Waals surface area contributed by atoms with Crippen molar-refractivity contribution in [1.82, 2.24) is 9.97 Å². The Morgan fingerprint density at radius 2 is 1.33 bits per heavy atom. The van der Waals surface area contributed by atoms with E-state index in [1.807, 2.05) is 30.5 Å². The van der Waals surface area contributed by atoms with Gasteiger partial charge in [-0.3, -0.25) is 4.98 Å². The van der Waals surface area contributed by atoms with Crippen LogP contribution >= 0.6 is 0 Å². The molecule has 1 heterocycles. The van der Waals surface area contributed by atoms with Gasteiger partial charge in [0.05, 0.1) is 22.9 Å². The second kappa shape index (κ2) is 6.33. The molecule has 0 N–H and O–H groups in total. The van der Waals surface area contributed by atoms with Crippen LogP contribution in [0.2, 0.25) is 0 Å². The van der Waals surface area contributed by atoms with Crippen LogP contribution in [-0.2, 0) is 0 Å². The summed E-state index contributed by atoms with van der Waals surface area (Å²) >= 11 is 0. The van der Waals surface area contributed by atoms with Crippen molar-refractivity contribution in [2.45, 2.75) is 6.92 Å². The Hall–Kier alpha value is -3.52. The molecule has 5 rings (SSSR count). The number of rotatable bonds is 2. The van der Waals surface area contributed by atoms with E-state index in [1.54, 1.807) is 0 Å². The van der Waals surface area contributed by atoms with Crippen molar-refractivity contribution in [3.05, 3.63) is 96.7 Å². The monoisotopic (exact) mass is 346 g/mol. The fourth-order valence-corrected chi connectivity index (χ4v) is 3.56. The van der Waals surface area contributed by atoms with Crippen molar-refractivity contribution in [2.75, 3.05) is 0 Å². The minimum atomic E-state index is 0.902. The molecule has 2 nitrogen and oxygen atoms in total. The smallest absolute Gasteiger partial charge is 0.0894 e. The van der Waals surface area contributed by atoms with Crippen LogP contribution in [0.3, 0.4) is 0 Å². The quantitative estimate of drug-likeness (QED) is 0.368. The van der Waals surface area contributed by atoms with Crippen LogP contribution in [0, 0.1) is 6.92 Å². The average Bonchev–Trinajstić information content (AvgIpc) is 2.72. The van der Waals surface area contributed by atoms with Crippen LogP contribution in [0.25, 0.3) is 44.2 Å². The van der Waals surface area contributed by atoms with E-state index in [0.29, 0.717) is 0 Å². The van der Waals surface area contributed by atoms with Crippen molar-refractivity contribution in [1.29, 1.82) is 0 Å². The van der Waals surface area contributed by atoms with E-state index in [0.717, 1.165) is 22.3 Å². The third-order valence-electron chi connectivity index (χ3n) is 4.90. The number of aromatic nitrogens is 2. The van der Waals surface area contributed by atoms with Gasteiger partial charge in [0.1, 0.15) is 0 Å². The Balaban J connectivity index is 1.64. The van der Waals surface area contributed by atoms with Gasteiger partial charge in [-0.05, 0) is 64.7 Å². The van der Waals surface area contributed by atoms with E-state index in [4.69, 9.17) is 4.98 Å². The molecule has 128 valence electrons. The lowest BCUT2D eigenvalue weighted by Gasteiger charge is -2.09. The second-order valence-electron chi connectivity index (χ2n) is 6.89. The number of nitrogens with zero attached hydrogens (tertiary/aromatic N) is 2. The summed E-state index contributed by atoms with van der Waals surface area (Å²) in [7, 11) is 0. The summed E-state index contributed by atoms with van der Waals surface area (Å²) in [5.41, 5.74) is 7.46. The second-order valence-corrected chi connectivity index (χ2v) is 6.89. The van der Waals surface area contributed by atoms with Crippen molar-refractivity contribution in [3.8, 4) is 22.4 Å². The standard InChI is InChI=1S/C25H18N2/c1-17-12-21(20-11-10-18-6-2-3-7-19(18)14-20)15-22(13-17)25-16-26-23-8-4-5-9-24(23)27-25/h2-16H,1H3. The maximum atomic E-state index is 4.81. The molecule has 27 heavy (non-hydrogen) atoms. The summed E-state index contributed by atoms with van der Waals surface area (Å²) in [5.74, 6) is 0. The van der Waals surface area contributed by atoms with Crippen molar-refractivity contribution < 1.29 is 0 Å². The van der Waals surface area contributed by atoms with E-state index in [9.17, 15) is 0 Å². The zero-order chi connectivity index (χ0) is 18.2. The highest BCUT2D eigenvalue weighted by molar-refractivity contribution is 5.88. The highest BCUT2D eigenvalue weighted by Gasteiger charge is 2.07. The van der Waals surface area contributed by atoms with Crippen LogP contribution in [0.4, 0.5) is 0 Å². The Morgan fingerprint density at radius 1 is 0.593 bits per heavy atom. The zero-order valence-electron chi connectivity index (χ0n) is 15.1. The Morgan fingerprint density at radius 3 is 2.22 bits per heavy atom. The lowest BCUT2D eigenvalue weighted by atomic mass is 9.97. The summed E-state index contributed by atoms with van der Waals surface area (Å²) in [5, 5.41) is 2.51. The number of aryl methyl sites for hydroxylation is 1. The van der Waals surface area contributed by atoms with Gasteiger partial charge in [-0.1, -0.05) is 54.6 Å². The van der Waals surface area contributed by atoms with Crippen LogP contribution in [0.15, 0.2) is 91.1 Å². The van der Waals surface area contributed by atoms with E-state index >= 15 is 0 Å². The number of hydrogen-bond donors (Lipinski definition) is 0. The molecule has 0 aliphatic heterocycles. The number of benzene rings is 4. The normalized spacial score (nSPS) is 11.1. The summed E-state index contributed by atoms with van der Waals surface area (Å²) in [4.78, 5) is 9.38. The Bertz CT molecular complexity index is 1190. The third-order valence-corrected chi connectivity index (χ3v) is 4.90. The van der Waals surface area contributed by atoms with Gasteiger partial charge in [0.25, 0.3) is 0 Å². The fourth-order valence-electron chi connectivity index (χ4n) is 3.56. The maximum Gasteiger partial charge on any atom is 0.0894 e. The molecule has 5 aromatic rings. The highest BCUT2D eigenvalue weighted by Crippen LogP contribution is 2.29. The third kappa shape index (κ3) is 2.96. The first-order chi connectivity index (χ1) is 13.3. The molecule has 0 saturated carbocycles. The highest BCUT2D eigenvalue weighted by atomic mass is 14.8. The Labute approximate surface area is 158 Å². The number of hydrogen-bond acceptors (Lipinski definition) is 2. The minimum Gasteiger partial charge on any atom is -0.252 e. The summed E-state index contributed by atoms with van der Waals surface area (Å²) < 4.78 is 0. The largest absolute Gasteiger partial charge is 0.252 e. The van der Waals surface area contributed by atoms with Crippen molar-refractivity contribution >= 4 is 21.8 Å². The number of para-hydroxylation sites is 2. The molecule has 0 radical (unpaired) electrons. The van der Waals surface area contributed by atoms with E-state index in [2.05, 4.69) is 72.6 Å². The first-order valence-corrected chi connectivity index (χ1v) is 9.09. The molecular formula is C25H18N2. The van der Waals surface area contributed by atoms with Crippen LogP contribution in [0.5, 0.6) is 0 Å².